The second-order valence-electron chi connectivity index (χ2n) is 4.15. The predicted octanol–water partition coefficient (Wildman–Crippen LogP) is 4.38. The van der Waals surface area contributed by atoms with Crippen molar-refractivity contribution >= 4 is 0 Å². The monoisotopic (exact) mass is 251 g/mol. The maximum Gasteiger partial charge on any atom is 0.418 e. The van der Waals surface area contributed by atoms with Crippen LogP contribution in [0, 0.1) is 13.8 Å². The zero-order valence-corrected chi connectivity index (χ0v) is 10.0. The molecule has 0 amide bonds. The summed E-state index contributed by atoms with van der Waals surface area (Å²) in [4.78, 5) is 3.96. The number of nitrogens with zero attached hydrogens (tertiary/aromatic N) is 1. The van der Waals surface area contributed by atoms with Crippen LogP contribution in [0.15, 0.2) is 36.5 Å². The van der Waals surface area contributed by atoms with Crippen LogP contribution in [0.3, 0.4) is 0 Å². The standard InChI is InChI=1S/C14H12F3N/c1-9-8-18-13(11-6-4-3-5-7-11)12(10(9)2)14(15,16)17/h3-8H,1-2H3. The fourth-order valence-corrected chi connectivity index (χ4v) is 1.86. The number of hydrogen-bond acceptors (Lipinski definition) is 1. The molecule has 0 N–H and O–H groups in total. The molecule has 1 aromatic heterocycles. The molecule has 0 saturated heterocycles. The van der Waals surface area contributed by atoms with Crippen molar-refractivity contribution in [1.82, 2.24) is 4.98 Å². The van der Waals surface area contributed by atoms with Gasteiger partial charge >= 0.3 is 6.18 Å². The van der Waals surface area contributed by atoms with E-state index >= 15 is 0 Å². The summed E-state index contributed by atoms with van der Waals surface area (Å²) in [6.45, 7) is 3.11. The first-order chi connectivity index (χ1) is 8.41. The molecule has 0 spiro atoms. The quantitative estimate of drug-likeness (QED) is 0.732. The lowest BCUT2D eigenvalue weighted by atomic mass is 9.98. The molecule has 0 radical (unpaired) electrons. The molecular formula is C14H12F3N. The van der Waals surface area contributed by atoms with E-state index in [1.54, 1.807) is 37.3 Å². The van der Waals surface area contributed by atoms with Gasteiger partial charge in [-0.15, -0.1) is 0 Å². The smallest absolute Gasteiger partial charge is 0.255 e. The lowest BCUT2D eigenvalue weighted by Crippen LogP contribution is -2.12. The Kier molecular flexibility index (Phi) is 3.11. The number of benzene rings is 1. The molecule has 0 saturated carbocycles. The molecule has 0 atom stereocenters. The predicted molar refractivity (Wildman–Crippen MR) is 64.1 cm³/mol. The molecule has 2 rings (SSSR count). The van der Waals surface area contributed by atoms with Crippen molar-refractivity contribution in [1.29, 1.82) is 0 Å². The fraction of sp³-hybridized carbons (Fsp3) is 0.214. The van der Waals surface area contributed by atoms with E-state index in [0.717, 1.165) is 0 Å². The molecule has 94 valence electrons. The van der Waals surface area contributed by atoms with Gasteiger partial charge in [0.15, 0.2) is 0 Å². The molecule has 0 aliphatic carbocycles. The first-order valence-corrected chi connectivity index (χ1v) is 5.50. The normalized spacial score (nSPS) is 11.6. The van der Waals surface area contributed by atoms with E-state index in [2.05, 4.69) is 4.98 Å². The van der Waals surface area contributed by atoms with E-state index in [1.165, 1.54) is 13.1 Å². The Balaban J connectivity index is 2.73. The Morgan fingerprint density at radius 1 is 1.00 bits per heavy atom. The second kappa shape index (κ2) is 4.44. The van der Waals surface area contributed by atoms with Crippen LogP contribution in [0.1, 0.15) is 16.7 Å². The average Bonchev–Trinajstić information content (AvgIpc) is 2.32. The molecule has 0 fully saturated rings. The molecule has 1 aromatic carbocycles. The van der Waals surface area contributed by atoms with Gasteiger partial charge < -0.3 is 0 Å². The van der Waals surface area contributed by atoms with Crippen molar-refractivity contribution in [3.05, 3.63) is 53.2 Å². The maximum atomic E-state index is 13.1. The highest BCUT2D eigenvalue weighted by molar-refractivity contribution is 5.65. The summed E-state index contributed by atoms with van der Waals surface area (Å²) in [5.74, 6) is 0. The summed E-state index contributed by atoms with van der Waals surface area (Å²) in [6.07, 6.45) is -2.92. The van der Waals surface area contributed by atoms with Gasteiger partial charge in [-0.1, -0.05) is 30.3 Å². The van der Waals surface area contributed by atoms with E-state index in [9.17, 15) is 13.2 Å². The molecule has 4 heteroatoms. The zero-order valence-electron chi connectivity index (χ0n) is 10.0. The number of aryl methyl sites for hydroxylation is 1. The van der Waals surface area contributed by atoms with Gasteiger partial charge in [0, 0.05) is 11.8 Å². The molecule has 1 nitrogen and oxygen atoms in total. The third-order valence-corrected chi connectivity index (χ3v) is 2.92. The largest absolute Gasteiger partial charge is 0.418 e. The van der Waals surface area contributed by atoms with Gasteiger partial charge in [-0.05, 0) is 25.0 Å². The molecule has 2 aromatic rings. The highest BCUT2D eigenvalue weighted by Crippen LogP contribution is 2.38. The summed E-state index contributed by atoms with van der Waals surface area (Å²) in [5, 5.41) is 0. The van der Waals surface area contributed by atoms with Crippen LogP contribution in [0.2, 0.25) is 0 Å². The van der Waals surface area contributed by atoms with Gasteiger partial charge in [0.1, 0.15) is 0 Å². The third kappa shape index (κ3) is 2.23. The molecule has 18 heavy (non-hydrogen) atoms. The molecule has 0 bridgehead atoms. The van der Waals surface area contributed by atoms with E-state index in [-0.39, 0.29) is 11.3 Å². The fourth-order valence-electron chi connectivity index (χ4n) is 1.86. The Morgan fingerprint density at radius 2 is 1.61 bits per heavy atom. The van der Waals surface area contributed by atoms with Crippen LogP contribution in [0.25, 0.3) is 11.3 Å². The van der Waals surface area contributed by atoms with E-state index in [4.69, 9.17) is 0 Å². The van der Waals surface area contributed by atoms with Crippen molar-refractivity contribution in [3.63, 3.8) is 0 Å². The number of halogens is 3. The number of aromatic nitrogens is 1. The number of rotatable bonds is 1. The minimum Gasteiger partial charge on any atom is -0.255 e. The second-order valence-corrected chi connectivity index (χ2v) is 4.15. The number of hydrogen-bond donors (Lipinski definition) is 0. The van der Waals surface area contributed by atoms with Crippen molar-refractivity contribution in [2.24, 2.45) is 0 Å². The van der Waals surface area contributed by atoms with E-state index in [1.807, 2.05) is 0 Å². The Bertz CT molecular complexity index is 559. The first-order valence-electron chi connectivity index (χ1n) is 5.50. The van der Waals surface area contributed by atoms with Crippen molar-refractivity contribution in [3.8, 4) is 11.3 Å². The lowest BCUT2D eigenvalue weighted by Gasteiger charge is -2.16. The van der Waals surface area contributed by atoms with Crippen molar-refractivity contribution < 1.29 is 13.2 Å². The van der Waals surface area contributed by atoms with E-state index in [0.29, 0.717) is 11.1 Å². The van der Waals surface area contributed by atoms with Crippen molar-refractivity contribution in [2.75, 3.05) is 0 Å². The highest BCUT2D eigenvalue weighted by atomic mass is 19.4. The molecule has 1 heterocycles. The van der Waals surface area contributed by atoms with Crippen LogP contribution in [0.5, 0.6) is 0 Å². The SMILES string of the molecule is Cc1cnc(-c2ccccc2)c(C(F)(F)F)c1C. The zero-order chi connectivity index (χ0) is 13.3. The summed E-state index contributed by atoms with van der Waals surface area (Å²) in [6, 6.07) is 8.43. The van der Waals surface area contributed by atoms with Gasteiger partial charge in [-0.25, -0.2) is 0 Å². The minimum absolute atomic E-state index is 0.00815. The van der Waals surface area contributed by atoms with Gasteiger partial charge in [0.2, 0.25) is 0 Å². The summed E-state index contributed by atoms with van der Waals surface area (Å²) >= 11 is 0. The summed E-state index contributed by atoms with van der Waals surface area (Å²) < 4.78 is 39.4. The Morgan fingerprint density at radius 3 is 2.17 bits per heavy atom. The number of alkyl halides is 3. The third-order valence-electron chi connectivity index (χ3n) is 2.92. The van der Waals surface area contributed by atoms with Crippen LogP contribution in [-0.2, 0) is 6.18 Å². The molecule has 0 aliphatic heterocycles. The Hall–Kier alpha value is -1.84. The van der Waals surface area contributed by atoms with Crippen LogP contribution in [-0.4, -0.2) is 4.98 Å². The average molecular weight is 251 g/mol. The highest BCUT2D eigenvalue weighted by Gasteiger charge is 2.36. The van der Waals surface area contributed by atoms with Gasteiger partial charge in [0.25, 0.3) is 0 Å². The minimum atomic E-state index is -4.39. The summed E-state index contributed by atoms with van der Waals surface area (Å²) in [7, 11) is 0. The van der Waals surface area contributed by atoms with Crippen LogP contribution < -0.4 is 0 Å². The Labute approximate surface area is 103 Å². The first kappa shape index (κ1) is 12.6. The summed E-state index contributed by atoms with van der Waals surface area (Å²) in [5.41, 5.74) is 0.603. The van der Waals surface area contributed by atoms with Gasteiger partial charge in [0.05, 0.1) is 11.3 Å². The van der Waals surface area contributed by atoms with Gasteiger partial charge in [-0.2, -0.15) is 13.2 Å². The van der Waals surface area contributed by atoms with Crippen LogP contribution in [0.4, 0.5) is 13.2 Å². The lowest BCUT2D eigenvalue weighted by molar-refractivity contribution is -0.137. The van der Waals surface area contributed by atoms with Gasteiger partial charge in [-0.3, -0.25) is 4.98 Å². The van der Waals surface area contributed by atoms with E-state index < -0.39 is 11.7 Å². The molecule has 0 unspecified atom stereocenters. The topological polar surface area (TPSA) is 12.9 Å². The molecular weight excluding hydrogens is 239 g/mol. The molecule has 0 aliphatic rings. The maximum absolute atomic E-state index is 13.1. The number of pyridine rings is 1. The van der Waals surface area contributed by atoms with Crippen LogP contribution >= 0.6 is 0 Å². The van der Waals surface area contributed by atoms with Crippen molar-refractivity contribution in [2.45, 2.75) is 20.0 Å².